The van der Waals surface area contributed by atoms with Gasteiger partial charge in [-0.15, -0.1) is 0 Å². The van der Waals surface area contributed by atoms with Gasteiger partial charge in [0.2, 0.25) is 0 Å². The Bertz CT molecular complexity index is 1000. The van der Waals surface area contributed by atoms with E-state index in [4.69, 9.17) is 0 Å². The summed E-state index contributed by atoms with van der Waals surface area (Å²) in [5.74, 6) is 0.875. The molecule has 1 fully saturated rings. The maximum atomic E-state index is 13.5. The molecular formula is C21H22FN4O2S-. The molecule has 3 heterocycles. The molecule has 2 aromatic heterocycles. The van der Waals surface area contributed by atoms with Gasteiger partial charge in [-0.3, -0.25) is 14.1 Å². The fraction of sp³-hybridized carbons (Fsp3) is 0.286. The number of pyridine rings is 1. The Labute approximate surface area is 171 Å². The van der Waals surface area contributed by atoms with Gasteiger partial charge in [-0.05, 0) is 46.5 Å². The zero-order valence-corrected chi connectivity index (χ0v) is 16.9. The summed E-state index contributed by atoms with van der Waals surface area (Å²) < 4.78 is 37.6. The van der Waals surface area contributed by atoms with E-state index in [2.05, 4.69) is 20.6 Å². The summed E-state index contributed by atoms with van der Waals surface area (Å²) in [6.45, 7) is 2.83. The second kappa shape index (κ2) is 8.44. The minimum atomic E-state index is -2.07. The van der Waals surface area contributed by atoms with E-state index in [1.807, 2.05) is 24.1 Å². The molecule has 1 aliphatic heterocycles. The number of aromatic nitrogens is 2. The SMILES string of the molecule is Cn1cc(-c2ccc(F)cc2)c(-c2ccncc2)c1N1CCN(CS(=O)[O-])CC1. The van der Waals surface area contributed by atoms with Crippen molar-refractivity contribution >= 4 is 16.9 Å². The van der Waals surface area contributed by atoms with E-state index in [-0.39, 0.29) is 11.7 Å². The van der Waals surface area contributed by atoms with Crippen molar-refractivity contribution in [2.45, 2.75) is 0 Å². The molecule has 0 spiro atoms. The summed E-state index contributed by atoms with van der Waals surface area (Å²) in [6.07, 6.45) is 5.60. The molecule has 1 unspecified atom stereocenters. The number of nitrogens with zero attached hydrogens (tertiary/aromatic N) is 4. The summed E-state index contributed by atoms with van der Waals surface area (Å²) in [6, 6.07) is 10.5. The van der Waals surface area contributed by atoms with Gasteiger partial charge in [0, 0.05) is 62.9 Å². The third-order valence-electron chi connectivity index (χ3n) is 5.23. The van der Waals surface area contributed by atoms with Crippen molar-refractivity contribution in [3.8, 4) is 22.3 Å². The van der Waals surface area contributed by atoms with Crippen LogP contribution in [0.4, 0.5) is 10.2 Å². The van der Waals surface area contributed by atoms with Crippen LogP contribution in [-0.4, -0.2) is 55.3 Å². The highest BCUT2D eigenvalue weighted by atomic mass is 32.2. The molecule has 1 saturated heterocycles. The van der Waals surface area contributed by atoms with Gasteiger partial charge in [-0.2, -0.15) is 0 Å². The van der Waals surface area contributed by atoms with Gasteiger partial charge in [-0.25, -0.2) is 4.39 Å². The van der Waals surface area contributed by atoms with Crippen LogP contribution in [0.3, 0.4) is 0 Å². The Morgan fingerprint density at radius 2 is 1.69 bits per heavy atom. The summed E-state index contributed by atoms with van der Waals surface area (Å²) in [4.78, 5) is 8.36. The average molecular weight is 413 g/mol. The van der Waals surface area contributed by atoms with Crippen LogP contribution >= 0.6 is 0 Å². The molecule has 0 amide bonds. The van der Waals surface area contributed by atoms with Crippen LogP contribution in [0, 0.1) is 5.82 Å². The minimum absolute atomic E-state index is 0.0685. The average Bonchev–Trinajstić information content (AvgIpc) is 3.06. The zero-order chi connectivity index (χ0) is 20.4. The highest BCUT2D eigenvalue weighted by Crippen LogP contribution is 2.41. The first-order valence-corrected chi connectivity index (χ1v) is 10.7. The molecule has 1 aliphatic rings. The van der Waals surface area contributed by atoms with Crippen molar-refractivity contribution < 1.29 is 13.2 Å². The molecule has 4 rings (SSSR count). The molecule has 8 heteroatoms. The van der Waals surface area contributed by atoms with E-state index >= 15 is 0 Å². The Morgan fingerprint density at radius 3 is 2.31 bits per heavy atom. The number of halogens is 1. The number of hydrogen-bond donors (Lipinski definition) is 0. The van der Waals surface area contributed by atoms with Crippen molar-refractivity contribution in [3.05, 3.63) is 60.8 Å². The third-order valence-corrected chi connectivity index (χ3v) is 5.81. The Kier molecular flexibility index (Phi) is 5.75. The molecule has 0 N–H and O–H groups in total. The normalized spacial score (nSPS) is 16.2. The summed E-state index contributed by atoms with van der Waals surface area (Å²) >= 11 is -2.07. The van der Waals surface area contributed by atoms with E-state index in [9.17, 15) is 13.2 Å². The smallest absolute Gasteiger partial charge is 0.123 e. The van der Waals surface area contributed by atoms with Crippen molar-refractivity contribution in [1.82, 2.24) is 14.5 Å². The van der Waals surface area contributed by atoms with Gasteiger partial charge in [-0.1, -0.05) is 12.1 Å². The largest absolute Gasteiger partial charge is 0.771 e. The van der Waals surface area contributed by atoms with Crippen molar-refractivity contribution in [2.24, 2.45) is 7.05 Å². The molecule has 0 aliphatic carbocycles. The standard InChI is InChI=1S/C21H23FN4O2S/c1-24-14-19(16-2-4-18(22)5-3-16)20(17-6-8-23-9-7-17)21(24)26-12-10-25(11-13-26)15-29(27)28/h2-9,14H,10-13,15H2,1H3,(H,27,28)/p-1. The monoisotopic (exact) mass is 413 g/mol. The molecule has 1 atom stereocenters. The number of piperazine rings is 1. The molecule has 29 heavy (non-hydrogen) atoms. The number of aryl methyl sites for hydroxylation is 1. The van der Waals surface area contributed by atoms with E-state index in [1.165, 1.54) is 12.1 Å². The molecule has 0 saturated carbocycles. The molecule has 0 bridgehead atoms. The number of benzene rings is 1. The lowest BCUT2D eigenvalue weighted by Gasteiger charge is -2.37. The maximum absolute atomic E-state index is 13.5. The van der Waals surface area contributed by atoms with Crippen LogP contribution in [0.1, 0.15) is 0 Å². The summed E-state index contributed by atoms with van der Waals surface area (Å²) in [7, 11) is 2.01. The van der Waals surface area contributed by atoms with Gasteiger partial charge < -0.3 is 14.0 Å². The first-order chi connectivity index (χ1) is 14.0. The van der Waals surface area contributed by atoms with Crippen LogP contribution in [0.15, 0.2) is 55.0 Å². The van der Waals surface area contributed by atoms with Gasteiger partial charge in [0.25, 0.3) is 0 Å². The molecule has 1 aromatic carbocycles. The van der Waals surface area contributed by atoms with Gasteiger partial charge in [0.15, 0.2) is 0 Å². The predicted molar refractivity (Wildman–Crippen MR) is 112 cm³/mol. The Hall–Kier alpha value is -2.55. The van der Waals surface area contributed by atoms with Crippen molar-refractivity contribution in [3.63, 3.8) is 0 Å². The topological polar surface area (TPSA) is 64.4 Å². The lowest BCUT2D eigenvalue weighted by Crippen LogP contribution is -2.47. The third kappa shape index (κ3) is 4.24. The summed E-state index contributed by atoms with van der Waals surface area (Å²) in [5.41, 5.74) is 4.08. The molecular weight excluding hydrogens is 391 g/mol. The first-order valence-electron chi connectivity index (χ1n) is 9.42. The Balaban J connectivity index is 1.74. The van der Waals surface area contributed by atoms with E-state index in [1.54, 1.807) is 24.5 Å². The molecule has 6 nitrogen and oxygen atoms in total. The van der Waals surface area contributed by atoms with Crippen LogP contribution < -0.4 is 4.90 Å². The fourth-order valence-corrected chi connectivity index (χ4v) is 4.44. The van der Waals surface area contributed by atoms with Crippen LogP contribution in [-0.2, 0) is 18.1 Å². The van der Waals surface area contributed by atoms with Crippen molar-refractivity contribution in [2.75, 3.05) is 37.0 Å². The van der Waals surface area contributed by atoms with Crippen LogP contribution in [0.2, 0.25) is 0 Å². The van der Waals surface area contributed by atoms with E-state index in [0.717, 1.165) is 41.2 Å². The molecule has 3 aromatic rings. The van der Waals surface area contributed by atoms with Gasteiger partial charge in [0.1, 0.15) is 11.6 Å². The maximum Gasteiger partial charge on any atom is 0.123 e. The Morgan fingerprint density at radius 1 is 1.03 bits per heavy atom. The van der Waals surface area contributed by atoms with Crippen molar-refractivity contribution in [1.29, 1.82) is 0 Å². The minimum Gasteiger partial charge on any atom is -0.771 e. The second-order valence-electron chi connectivity index (χ2n) is 7.13. The predicted octanol–water partition coefficient (Wildman–Crippen LogP) is 2.85. The molecule has 152 valence electrons. The highest BCUT2D eigenvalue weighted by molar-refractivity contribution is 7.79. The summed E-state index contributed by atoms with van der Waals surface area (Å²) in [5, 5.41) is 0. The van der Waals surface area contributed by atoms with E-state index < -0.39 is 11.1 Å². The number of rotatable bonds is 5. The highest BCUT2D eigenvalue weighted by Gasteiger charge is 2.25. The second-order valence-corrected chi connectivity index (χ2v) is 8.00. The molecule has 0 radical (unpaired) electrons. The number of anilines is 1. The van der Waals surface area contributed by atoms with Gasteiger partial charge >= 0.3 is 0 Å². The lowest BCUT2D eigenvalue weighted by atomic mass is 9.98. The van der Waals surface area contributed by atoms with Crippen LogP contribution in [0.25, 0.3) is 22.3 Å². The fourth-order valence-electron chi connectivity index (χ4n) is 3.89. The zero-order valence-electron chi connectivity index (χ0n) is 16.1. The quantitative estimate of drug-likeness (QED) is 0.602. The van der Waals surface area contributed by atoms with E-state index in [0.29, 0.717) is 13.1 Å². The first kappa shape index (κ1) is 19.8. The van der Waals surface area contributed by atoms with Crippen LogP contribution in [0.5, 0.6) is 0 Å². The lowest BCUT2D eigenvalue weighted by molar-refractivity contribution is 0.290. The number of hydrogen-bond acceptors (Lipinski definition) is 5. The van der Waals surface area contributed by atoms with Gasteiger partial charge in [0.05, 0.1) is 5.88 Å².